The zero-order chi connectivity index (χ0) is 19.0. The van der Waals surface area contributed by atoms with Gasteiger partial charge in [0, 0.05) is 46.1 Å². The molecule has 2 aliphatic heterocycles. The van der Waals surface area contributed by atoms with E-state index in [0.717, 1.165) is 31.8 Å². The van der Waals surface area contributed by atoms with E-state index in [1.165, 1.54) is 0 Å². The van der Waals surface area contributed by atoms with Crippen LogP contribution in [0.4, 0.5) is 16.3 Å². The number of fused-ring (bicyclic) bond motifs is 1. The van der Waals surface area contributed by atoms with Gasteiger partial charge in [-0.2, -0.15) is 0 Å². The van der Waals surface area contributed by atoms with E-state index in [9.17, 15) is 9.18 Å². The molecule has 4 rings (SSSR count). The Balaban J connectivity index is 1.73. The fourth-order valence-electron chi connectivity index (χ4n) is 4.32. The van der Waals surface area contributed by atoms with E-state index in [4.69, 9.17) is 0 Å². The van der Waals surface area contributed by atoms with Gasteiger partial charge in [0.25, 0.3) is 0 Å². The van der Waals surface area contributed by atoms with Gasteiger partial charge in [0.1, 0.15) is 0 Å². The summed E-state index contributed by atoms with van der Waals surface area (Å²) in [4.78, 5) is 36.0. The fourth-order valence-corrected chi connectivity index (χ4v) is 4.32. The number of piperidine rings is 1. The van der Waals surface area contributed by atoms with Gasteiger partial charge in [0.05, 0.1) is 23.9 Å². The summed E-state index contributed by atoms with van der Waals surface area (Å²) in [5.74, 6) is 0.664. The maximum atomic E-state index is 13.2. The van der Waals surface area contributed by atoms with Crippen LogP contribution in [0.1, 0.15) is 12.8 Å². The number of halogens is 1. The van der Waals surface area contributed by atoms with E-state index in [1.54, 1.807) is 37.5 Å². The normalized spacial score (nSPS) is 24.6. The minimum absolute atomic E-state index is 0.0812. The van der Waals surface area contributed by atoms with Gasteiger partial charge in [0.15, 0.2) is 5.82 Å². The van der Waals surface area contributed by atoms with Crippen molar-refractivity contribution < 1.29 is 9.18 Å². The average molecular weight is 371 g/mol. The van der Waals surface area contributed by atoms with Crippen molar-refractivity contribution in [1.29, 1.82) is 0 Å². The van der Waals surface area contributed by atoms with E-state index >= 15 is 0 Å². The minimum atomic E-state index is -0.599. The van der Waals surface area contributed by atoms with Gasteiger partial charge in [-0.25, -0.2) is 24.3 Å². The zero-order valence-electron chi connectivity index (χ0n) is 15.4. The molecule has 0 aliphatic carbocycles. The molecule has 27 heavy (non-hydrogen) atoms. The standard InChI is InChI=1S/C18H22FN7O/c1-24(2)15(27)18-5-3-8-26(17-20-6-4-7-21-17)14(18)11-25(12-18)16-22-9-13(19)10-23-16/h4,6-7,9-10,14H,3,5,8,11-12H2,1-2H3/t14-,18-/m0/s1. The smallest absolute Gasteiger partial charge is 0.232 e. The topological polar surface area (TPSA) is 78.4 Å². The molecule has 0 radical (unpaired) electrons. The molecule has 0 saturated carbocycles. The highest BCUT2D eigenvalue weighted by molar-refractivity contribution is 5.86. The molecule has 2 atom stereocenters. The number of aromatic nitrogens is 4. The van der Waals surface area contributed by atoms with Crippen LogP contribution in [0.2, 0.25) is 0 Å². The summed E-state index contributed by atoms with van der Waals surface area (Å²) < 4.78 is 13.2. The molecule has 1 amide bonds. The Morgan fingerprint density at radius 1 is 1.19 bits per heavy atom. The van der Waals surface area contributed by atoms with E-state index in [1.807, 2.05) is 4.90 Å². The van der Waals surface area contributed by atoms with E-state index in [0.29, 0.717) is 25.0 Å². The Kier molecular flexibility index (Phi) is 4.37. The summed E-state index contributed by atoms with van der Waals surface area (Å²) in [7, 11) is 3.56. The molecule has 0 aromatic carbocycles. The molecule has 2 aromatic rings. The molecule has 0 N–H and O–H groups in total. The monoisotopic (exact) mass is 371 g/mol. The summed E-state index contributed by atoms with van der Waals surface area (Å²) in [6, 6.07) is 1.68. The lowest BCUT2D eigenvalue weighted by atomic mass is 9.74. The minimum Gasteiger partial charge on any atom is -0.348 e. The molecule has 142 valence electrons. The number of hydrogen-bond donors (Lipinski definition) is 0. The lowest BCUT2D eigenvalue weighted by molar-refractivity contribution is -0.140. The number of hydrogen-bond acceptors (Lipinski definition) is 7. The molecule has 9 heteroatoms. The van der Waals surface area contributed by atoms with Crippen LogP contribution in [-0.4, -0.2) is 70.5 Å². The van der Waals surface area contributed by atoms with Gasteiger partial charge < -0.3 is 14.7 Å². The van der Waals surface area contributed by atoms with Gasteiger partial charge in [-0.3, -0.25) is 4.79 Å². The van der Waals surface area contributed by atoms with Crippen LogP contribution in [0, 0.1) is 11.2 Å². The fraction of sp³-hybridized carbons (Fsp3) is 0.500. The first-order chi connectivity index (χ1) is 13.0. The van der Waals surface area contributed by atoms with Crippen molar-refractivity contribution in [3.8, 4) is 0 Å². The van der Waals surface area contributed by atoms with Gasteiger partial charge in [-0.1, -0.05) is 0 Å². The van der Waals surface area contributed by atoms with Crippen LogP contribution in [0.25, 0.3) is 0 Å². The summed E-state index contributed by atoms with van der Waals surface area (Å²) in [6.07, 6.45) is 7.37. The highest BCUT2D eigenvalue weighted by Crippen LogP contribution is 2.44. The Morgan fingerprint density at radius 3 is 2.56 bits per heavy atom. The number of nitrogens with zero attached hydrogens (tertiary/aromatic N) is 7. The van der Waals surface area contributed by atoms with Crippen molar-refractivity contribution >= 4 is 17.8 Å². The van der Waals surface area contributed by atoms with Gasteiger partial charge >= 0.3 is 0 Å². The van der Waals surface area contributed by atoms with Gasteiger partial charge in [-0.15, -0.1) is 0 Å². The second-order valence-electron chi connectivity index (χ2n) is 7.30. The second kappa shape index (κ2) is 6.71. The molecule has 0 unspecified atom stereocenters. The predicted molar refractivity (Wildman–Crippen MR) is 97.7 cm³/mol. The quantitative estimate of drug-likeness (QED) is 0.795. The number of amides is 1. The molecular formula is C18H22FN7O. The van der Waals surface area contributed by atoms with Crippen LogP contribution in [0.3, 0.4) is 0 Å². The van der Waals surface area contributed by atoms with Crippen molar-refractivity contribution in [1.82, 2.24) is 24.8 Å². The molecule has 2 aliphatic rings. The molecule has 8 nitrogen and oxygen atoms in total. The van der Waals surface area contributed by atoms with Gasteiger partial charge in [-0.05, 0) is 18.9 Å². The van der Waals surface area contributed by atoms with Crippen LogP contribution in [-0.2, 0) is 4.79 Å². The average Bonchev–Trinajstić information content (AvgIpc) is 3.09. The van der Waals surface area contributed by atoms with E-state index in [2.05, 4.69) is 24.8 Å². The van der Waals surface area contributed by atoms with Crippen molar-refractivity contribution in [3.05, 3.63) is 36.7 Å². The highest BCUT2D eigenvalue weighted by Gasteiger charge is 2.57. The highest BCUT2D eigenvalue weighted by atomic mass is 19.1. The lowest BCUT2D eigenvalue weighted by Crippen LogP contribution is -2.58. The van der Waals surface area contributed by atoms with Crippen LogP contribution >= 0.6 is 0 Å². The number of carbonyl (C=O) groups is 1. The summed E-state index contributed by atoms with van der Waals surface area (Å²) in [5.41, 5.74) is -0.599. The Hall–Kier alpha value is -2.84. The first-order valence-corrected chi connectivity index (χ1v) is 8.99. The maximum absolute atomic E-state index is 13.2. The van der Waals surface area contributed by atoms with Crippen LogP contribution < -0.4 is 9.80 Å². The van der Waals surface area contributed by atoms with Crippen LogP contribution in [0.5, 0.6) is 0 Å². The van der Waals surface area contributed by atoms with Gasteiger partial charge in [0.2, 0.25) is 17.8 Å². The maximum Gasteiger partial charge on any atom is 0.232 e. The van der Waals surface area contributed by atoms with Crippen molar-refractivity contribution in [2.75, 3.05) is 43.5 Å². The van der Waals surface area contributed by atoms with Crippen molar-refractivity contribution in [2.45, 2.75) is 18.9 Å². The molecule has 0 spiro atoms. The summed E-state index contributed by atoms with van der Waals surface area (Å²) >= 11 is 0. The third-order valence-corrected chi connectivity index (χ3v) is 5.43. The van der Waals surface area contributed by atoms with Crippen LogP contribution in [0.15, 0.2) is 30.9 Å². The predicted octanol–water partition coefficient (Wildman–Crippen LogP) is 0.969. The SMILES string of the molecule is CN(C)C(=O)[C@]12CCCN(c3ncccn3)[C@H]1CN(c1ncc(F)cn1)C2. The number of carbonyl (C=O) groups excluding carboxylic acids is 1. The van der Waals surface area contributed by atoms with E-state index in [-0.39, 0.29) is 11.9 Å². The number of rotatable bonds is 3. The molecule has 4 heterocycles. The molecule has 2 aromatic heterocycles. The first-order valence-electron chi connectivity index (χ1n) is 8.99. The summed E-state index contributed by atoms with van der Waals surface area (Å²) in [6.45, 7) is 1.84. The molecule has 0 bridgehead atoms. The Labute approximate surface area is 157 Å². The molecular weight excluding hydrogens is 349 g/mol. The van der Waals surface area contributed by atoms with Crippen molar-refractivity contribution in [2.24, 2.45) is 5.41 Å². The Bertz CT molecular complexity index is 816. The largest absolute Gasteiger partial charge is 0.348 e. The third kappa shape index (κ3) is 2.96. The second-order valence-corrected chi connectivity index (χ2v) is 7.30. The van der Waals surface area contributed by atoms with Crippen molar-refractivity contribution in [3.63, 3.8) is 0 Å². The first kappa shape index (κ1) is 17.6. The summed E-state index contributed by atoms with van der Waals surface area (Å²) in [5, 5.41) is 0. The van der Waals surface area contributed by atoms with E-state index < -0.39 is 11.2 Å². The third-order valence-electron chi connectivity index (χ3n) is 5.43. The zero-order valence-corrected chi connectivity index (χ0v) is 15.4. The number of anilines is 2. The Morgan fingerprint density at radius 2 is 1.89 bits per heavy atom. The lowest BCUT2D eigenvalue weighted by Gasteiger charge is -2.45. The molecule has 2 saturated heterocycles. The molecule has 2 fully saturated rings.